The van der Waals surface area contributed by atoms with Crippen LogP contribution in [0.5, 0.6) is 5.75 Å². The van der Waals surface area contributed by atoms with E-state index in [9.17, 15) is 9.90 Å². The van der Waals surface area contributed by atoms with Crippen molar-refractivity contribution in [1.29, 1.82) is 0 Å². The summed E-state index contributed by atoms with van der Waals surface area (Å²) in [5.41, 5.74) is 5.41. The van der Waals surface area contributed by atoms with E-state index < -0.39 is 11.7 Å². The predicted octanol–water partition coefficient (Wildman–Crippen LogP) is 3.07. The zero-order valence-corrected chi connectivity index (χ0v) is 12.4. The van der Waals surface area contributed by atoms with Gasteiger partial charge in [0.25, 0.3) is 0 Å². The summed E-state index contributed by atoms with van der Waals surface area (Å²) in [7, 11) is 0. The molecule has 112 valence electrons. The van der Waals surface area contributed by atoms with E-state index in [-0.39, 0.29) is 5.75 Å². The van der Waals surface area contributed by atoms with Gasteiger partial charge in [0.2, 0.25) is 0 Å². The van der Waals surface area contributed by atoms with Gasteiger partial charge in [-0.3, -0.25) is 5.43 Å². The number of hydrogen-bond donors (Lipinski definition) is 3. The third-order valence-electron chi connectivity index (χ3n) is 2.87. The van der Waals surface area contributed by atoms with Gasteiger partial charge in [-0.15, -0.1) is 0 Å². The van der Waals surface area contributed by atoms with Gasteiger partial charge in [-0.05, 0) is 37.6 Å². The summed E-state index contributed by atoms with van der Waals surface area (Å²) in [6.07, 6.45) is -0.553. The Hall–Kier alpha value is -2.27. The molecule has 1 amide bonds. The van der Waals surface area contributed by atoms with Crippen LogP contribution in [-0.2, 0) is 11.3 Å². The van der Waals surface area contributed by atoms with Gasteiger partial charge < -0.3 is 9.84 Å². The van der Waals surface area contributed by atoms with Crippen LogP contribution >= 0.6 is 0 Å². The Kier molecular flexibility index (Phi) is 4.33. The number of phenolic OH excluding ortho intramolecular Hbond substituents is 1. The van der Waals surface area contributed by atoms with Gasteiger partial charge in [0.1, 0.15) is 11.4 Å². The molecule has 0 saturated carbocycles. The summed E-state index contributed by atoms with van der Waals surface area (Å²) in [6, 6.07) is 11.3. The first kappa shape index (κ1) is 15.1. The summed E-state index contributed by atoms with van der Waals surface area (Å²) in [5, 5.41) is 11.9. The SMILES string of the molecule is CC(C)(C)OC(=O)NNCc1c(O)ccc2ccccc12. The van der Waals surface area contributed by atoms with Crippen LogP contribution in [0.4, 0.5) is 4.79 Å². The number of carbonyl (C=O) groups excluding carboxylic acids is 1. The van der Waals surface area contributed by atoms with Crippen molar-refractivity contribution < 1.29 is 14.6 Å². The van der Waals surface area contributed by atoms with Gasteiger partial charge in [0, 0.05) is 12.1 Å². The zero-order valence-electron chi connectivity index (χ0n) is 12.4. The Balaban J connectivity index is 2.04. The molecule has 0 bridgehead atoms. The van der Waals surface area contributed by atoms with E-state index in [0.717, 1.165) is 16.3 Å². The molecule has 2 aromatic carbocycles. The summed E-state index contributed by atoms with van der Waals surface area (Å²) >= 11 is 0. The molecule has 2 aromatic rings. The molecule has 0 spiro atoms. The topological polar surface area (TPSA) is 70.6 Å². The minimum Gasteiger partial charge on any atom is -0.508 e. The van der Waals surface area contributed by atoms with Gasteiger partial charge in [-0.2, -0.15) is 0 Å². The van der Waals surface area contributed by atoms with Crippen molar-refractivity contribution in [2.75, 3.05) is 0 Å². The van der Waals surface area contributed by atoms with Crippen LogP contribution in [0.2, 0.25) is 0 Å². The molecular weight excluding hydrogens is 268 g/mol. The fourth-order valence-electron chi connectivity index (χ4n) is 2.02. The van der Waals surface area contributed by atoms with Crippen LogP contribution in [0.1, 0.15) is 26.3 Å². The van der Waals surface area contributed by atoms with Gasteiger partial charge >= 0.3 is 6.09 Å². The Morgan fingerprint density at radius 3 is 2.62 bits per heavy atom. The maximum Gasteiger partial charge on any atom is 0.422 e. The van der Waals surface area contributed by atoms with Crippen molar-refractivity contribution in [3.05, 3.63) is 42.0 Å². The lowest BCUT2D eigenvalue weighted by Crippen LogP contribution is -2.40. The molecule has 0 heterocycles. The third kappa shape index (κ3) is 4.10. The number of carbonyl (C=O) groups is 1. The highest BCUT2D eigenvalue weighted by Gasteiger charge is 2.15. The standard InChI is InChI=1S/C16H20N2O3/c1-16(2,3)21-15(20)18-17-10-13-12-7-5-4-6-11(12)8-9-14(13)19/h4-9,17,19H,10H2,1-3H3,(H,18,20). The van der Waals surface area contributed by atoms with Crippen molar-refractivity contribution in [1.82, 2.24) is 10.9 Å². The molecule has 2 rings (SSSR count). The lowest BCUT2D eigenvalue weighted by molar-refractivity contribution is 0.0497. The molecule has 5 nitrogen and oxygen atoms in total. The molecule has 0 fully saturated rings. The molecule has 0 aliphatic rings. The number of ether oxygens (including phenoxy) is 1. The van der Waals surface area contributed by atoms with Crippen LogP contribution in [0.15, 0.2) is 36.4 Å². The minimum absolute atomic E-state index is 0.187. The maximum atomic E-state index is 11.5. The number of benzene rings is 2. The van der Waals surface area contributed by atoms with Crippen LogP contribution in [0.25, 0.3) is 10.8 Å². The van der Waals surface area contributed by atoms with Crippen molar-refractivity contribution in [3.8, 4) is 5.75 Å². The van der Waals surface area contributed by atoms with Crippen molar-refractivity contribution >= 4 is 16.9 Å². The first-order valence-electron chi connectivity index (χ1n) is 6.78. The van der Waals surface area contributed by atoms with Crippen LogP contribution in [0, 0.1) is 0 Å². The zero-order chi connectivity index (χ0) is 15.5. The van der Waals surface area contributed by atoms with E-state index in [0.29, 0.717) is 6.54 Å². The van der Waals surface area contributed by atoms with Crippen molar-refractivity contribution in [3.63, 3.8) is 0 Å². The number of amides is 1. The number of nitrogens with one attached hydrogen (secondary N) is 2. The van der Waals surface area contributed by atoms with Crippen LogP contribution in [0.3, 0.4) is 0 Å². The van der Waals surface area contributed by atoms with Crippen LogP contribution < -0.4 is 10.9 Å². The second-order valence-corrected chi connectivity index (χ2v) is 5.76. The predicted molar refractivity (Wildman–Crippen MR) is 81.8 cm³/mol. The molecule has 0 saturated heterocycles. The Morgan fingerprint density at radius 1 is 1.19 bits per heavy atom. The molecule has 0 aliphatic carbocycles. The fourth-order valence-corrected chi connectivity index (χ4v) is 2.02. The van der Waals surface area contributed by atoms with Crippen molar-refractivity contribution in [2.24, 2.45) is 0 Å². The van der Waals surface area contributed by atoms with E-state index in [1.165, 1.54) is 0 Å². The second-order valence-electron chi connectivity index (χ2n) is 5.76. The lowest BCUT2D eigenvalue weighted by atomic mass is 10.0. The Bertz CT molecular complexity index is 648. The highest BCUT2D eigenvalue weighted by molar-refractivity contribution is 5.87. The smallest absolute Gasteiger partial charge is 0.422 e. The molecule has 3 N–H and O–H groups in total. The minimum atomic E-state index is -0.553. The van der Waals surface area contributed by atoms with Crippen molar-refractivity contribution in [2.45, 2.75) is 32.9 Å². The van der Waals surface area contributed by atoms with Gasteiger partial charge in [0.05, 0.1) is 0 Å². The van der Waals surface area contributed by atoms with Gasteiger partial charge in [-0.1, -0.05) is 30.3 Å². The molecule has 0 aromatic heterocycles. The largest absolute Gasteiger partial charge is 0.508 e. The molecule has 0 radical (unpaired) electrons. The number of phenols is 1. The van der Waals surface area contributed by atoms with E-state index in [4.69, 9.17) is 4.74 Å². The highest BCUT2D eigenvalue weighted by atomic mass is 16.6. The first-order valence-corrected chi connectivity index (χ1v) is 6.78. The monoisotopic (exact) mass is 288 g/mol. The molecular formula is C16H20N2O3. The summed E-state index contributed by atoms with van der Waals surface area (Å²) in [4.78, 5) is 11.5. The summed E-state index contributed by atoms with van der Waals surface area (Å²) < 4.78 is 5.12. The molecule has 0 aliphatic heterocycles. The Labute approximate surface area is 123 Å². The van der Waals surface area contributed by atoms with Gasteiger partial charge in [-0.25, -0.2) is 10.2 Å². The fraction of sp³-hybridized carbons (Fsp3) is 0.312. The normalized spacial score (nSPS) is 11.4. The number of hydrazine groups is 1. The Morgan fingerprint density at radius 2 is 1.90 bits per heavy atom. The quantitative estimate of drug-likeness (QED) is 0.759. The number of fused-ring (bicyclic) bond motifs is 1. The van der Waals surface area contributed by atoms with E-state index in [1.807, 2.05) is 30.3 Å². The first-order chi connectivity index (χ1) is 9.87. The van der Waals surface area contributed by atoms with E-state index >= 15 is 0 Å². The average Bonchev–Trinajstić information content (AvgIpc) is 2.39. The van der Waals surface area contributed by atoms with Crippen LogP contribution in [-0.4, -0.2) is 16.8 Å². The molecule has 0 unspecified atom stereocenters. The molecule has 21 heavy (non-hydrogen) atoms. The molecule has 5 heteroatoms. The second kappa shape index (κ2) is 6.01. The summed E-state index contributed by atoms with van der Waals surface area (Å²) in [5.74, 6) is 0.187. The maximum absolute atomic E-state index is 11.5. The van der Waals surface area contributed by atoms with Gasteiger partial charge in [0.15, 0.2) is 0 Å². The average molecular weight is 288 g/mol. The van der Waals surface area contributed by atoms with E-state index in [2.05, 4.69) is 10.9 Å². The molecule has 0 atom stereocenters. The lowest BCUT2D eigenvalue weighted by Gasteiger charge is -2.20. The highest BCUT2D eigenvalue weighted by Crippen LogP contribution is 2.26. The van der Waals surface area contributed by atoms with E-state index in [1.54, 1.807) is 26.8 Å². The number of rotatable bonds is 3. The number of aromatic hydroxyl groups is 1. The summed E-state index contributed by atoms with van der Waals surface area (Å²) in [6.45, 7) is 5.68. The third-order valence-corrected chi connectivity index (χ3v) is 2.87. The number of hydrogen-bond acceptors (Lipinski definition) is 4.